The first-order valence-electron chi connectivity index (χ1n) is 6.38. The molecular weight excluding hydrogens is 306 g/mol. The second-order valence-corrected chi connectivity index (χ2v) is 5.64. The van der Waals surface area contributed by atoms with E-state index < -0.39 is 0 Å². The molecule has 0 aliphatic carbocycles. The Morgan fingerprint density at radius 3 is 2.95 bits per heavy atom. The summed E-state index contributed by atoms with van der Waals surface area (Å²) < 4.78 is 3.19. The predicted molar refractivity (Wildman–Crippen MR) is 81.7 cm³/mol. The van der Waals surface area contributed by atoms with Crippen LogP contribution in [0.5, 0.6) is 0 Å². The van der Waals surface area contributed by atoms with Crippen LogP contribution in [0, 0.1) is 0 Å². The van der Waals surface area contributed by atoms with E-state index in [4.69, 9.17) is 0 Å². The minimum absolute atomic E-state index is 0.323. The molecule has 0 radical (unpaired) electrons. The fourth-order valence-electron chi connectivity index (χ4n) is 2.28. The summed E-state index contributed by atoms with van der Waals surface area (Å²) in [4.78, 5) is 9.03. The van der Waals surface area contributed by atoms with E-state index in [1.165, 1.54) is 0 Å². The van der Waals surface area contributed by atoms with E-state index in [9.17, 15) is 0 Å². The van der Waals surface area contributed by atoms with Crippen molar-refractivity contribution < 1.29 is 0 Å². The Balaban J connectivity index is 2.11. The molecule has 0 fully saturated rings. The Morgan fingerprint density at radius 1 is 1.42 bits per heavy atom. The van der Waals surface area contributed by atoms with Gasteiger partial charge in [-0.25, -0.2) is 4.98 Å². The summed E-state index contributed by atoms with van der Waals surface area (Å²) in [7, 11) is 0. The van der Waals surface area contributed by atoms with Crippen LogP contribution < -0.4 is 10.6 Å². The van der Waals surface area contributed by atoms with E-state index in [0.29, 0.717) is 6.04 Å². The molecule has 1 aromatic carbocycles. The molecule has 100 valence electrons. The van der Waals surface area contributed by atoms with Crippen molar-refractivity contribution in [3.05, 3.63) is 22.7 Å². The van der Waals surface area contributed by atoms with Crippen LogP contribution in [0.3, 0.4) is 0 Å². The summed E-state index contributed by atoms with van der Waals surface area (Å²) in [6.45, 7) is 6.00. The van der Waals surface area contributed by atoms with Crippen LogP contribution >= 0.6 is 15.9 Å². The van der Waals surface area contributed by atoms with Gasteiger partial charge in [0, 0.05) is 17.1 Å². The van der Waals surface area contributed by atoms with E-state index in [2.05, 4.69) is 61.0 Å². The molecule has 2 N–H and O–H groups in total. The highest BCUT2D eigenvalue weighted by Gasteiger charge is 2.16. The van der Waals surface area contributed by atoms with Gasteiger partial charge >= 0.3 is 0 Å². The molecule has 1 aromatic heterocycles. The first kappa shape index (κ1) is 12.5. The van der Waals surface area contributed by atoms with Gasteiger partial charge in [-0.1, -0.05) is 6.07 Å². The third-order valence-electron chi connectivity index (χ3n) is 3.09. The lowest BCUT2D eigenvalue weighted by Crippen LogP contribution is -2.28. The molecule has 0 saturated heterocycles. The number of nitrogens with one attached hydrogen (secondary N) is 2. The minimum atomic E-state index is 0.323. The molecule has 0 atom stereocenters. The number of benzene rings is 1. The van der Waals surface area contributed by atoms with E-state index in [1.54, 1.807) is 0 Å². The summed E-state index contributed by atoms with van der Waals surface area (Å²) in [6.07, 6.45) is 0. The molecule has 1 aliphatic rings. The Labute approximate surface area is 120 Å². The predicted octanol–water partition coefficient (Wildman–Crippen LogP) is 2.75. The van der Waals surface area contributed by atoms with Crippen molar-refractivity contribution >= 4 is 38.9 Å². The summed E-state index contributed by atoms with van der Waals surface area (Å²) >= 11 is 3.56. The quantitative estimate of drug-likeness (QED) is 0.894. The van der Waals surface area contributed by atoms with Crippen molar-refractivity contribution in [3.63, 3.8) is 0 Å². The van der Waals surface area contributed by atoms with Crippen LogP contribution in [-0.4, -0.2) is 28.6 Å². The van der Waals surface area contributed by atoms with Gasteiger partial charge in [-0.2, -0.15) is 0 Å². The Morgan fingerprint density at radius 2 is 2.26 bits per heavy atom. The number of nitrogens with zero attached hydrogens (tertiary/aromatic N) is 3. The number of anilines is 1. The van der Waals surface area contributed by atoms with Crippen molar-refractivity contribution in [2.24, 2.45) is 4.99 Å². The van der Waals surface area contributed by atoms with Gasteiger partial charge in [0.2, 0.25) is 5.95 Å². The zero-order valence-corrected chi connectivity index (χ0v) is 12.5. The number of guanidine groups is 1. The summed E-state index contributed by atoms with van der Waals surface area (Å²) in [5, 5.41) is 6.48. The Bertz CT molecular complexity index is 644. The minimum Gasteiger partial charge on any atom is -0.354 e. The lowest BCUT2D eigenvalue weighted by molar-refractivity contribution is 0.626. The van der Waals surface area contributed by atoms with Gasteiger partial charge in [0.05, 0.1) is 12.1 Å². The maximum absolute atomic E-state index is 4.68. The largest absolute Gasteiger partial charge is 0.354 e. The number of halogens is 1. The number of aliphatic imine (C=N–C) groups is 1. The van der Waals surface area contributed by atoms with Crippen LogP contribution in [0.2, 0.25) is 0 Å². The highest BCUT2D eigenvalue weighted by Crippen LogP contribution is 2.29. The molecule has 0 unspecified atom stereocenters. The van der Waals surface area contributed by atoms with E-state index in [-0.39, 0.29) is 0 Å². The number of fused-ring (bicyclic) bond motifs is 1. The summed E-state index contributed by atoms with van der Waals surface area (Å²) in [5.74, 6) is 1.62. The van der Waals surface area contributed by atoms with Crippen molar-refractivity contribution in [2.75, 3.05) is 18.4 Å². The average Bonchev–Trinajstić information content (AvgIpc) is 2.97. The third kappa shape index (κ3) is 2.20. The second-order valence-electron chi connectivity index (χ2n) is 4.79. The molecule has 0 bridgehead atoms. The molecule has 5 nitrogen and oxygen atoms in total. The van der Waals surface area contributed by atoms with Crippen LogP contribution in [0.4, 0.5) is 5.95 Å². The van der Waals surface area contributed by atoms with Gasteiger partial charge in [-0.3, -0.25) is 10.3 Å². The highest BCUT2D eigenvalue weighted by molar-refractivity contribution is 9.10. The standard InChI is InChI=1S/C13H16BrN5/c1-8(2)19-10-5-3-4-9(14)11(10)17-13(19)18-12-15-6-7-16-12/h3-5,8H,6-7H2,1-2H3,(H2,15,16,17,18). The van der Waals surface area contributed by atoms with E-state index in [1.807, 2.05) is 12.1 Å². The topological polar surface area (TPSA) is 54.2 Å². The molecule has 0 amide bonds. The van der Waals surface area contributed by atoms with E-state index >= 15 is 0 Å². The van der Waals surface area contributed by atoms with Gasteiger partial charge in [0.25, 0.3) is 0 Å². The fraction of sp³-hybridized carbons (Fsp3) is 0.385. The number of aromatic nitrogens is 2. The Hall–Kier alpha value is -1.56. The lowest BCUT2D eigenvalue weighted by atomic mass is 10.3. The second kappa shape index (κ2) is 4.85. The van der Waals surface area contributed by atoms with Crippen molar-refractivity contribution in [2.45, 2.75) is 19.9 Å². The zero-order chi connectivity index (χ0) is 13.4. The van der Waals surface area contributed by atoms with Gasteiger partial charge < -0.3 is 9.88 Å². The number of imidazole rings is 1. The monoisotopic (exact) mass is 321 g/mol. The van der Waals surface area contributed by atoms with Gasteiger partial charge in [0.1, 0.15) is 5.52 Å². The van der Waals surface area contributed by atoms with Crippen molar-refractivity contribution in [1.29, 1.82) is 0 Å². The van der Waals surface area contributed by atoms with Gasteiger partial charge in [-0.15, -0.1) is 0 Å². The van der Waals surface area contributed by atoms with Crippen LogP contribution in [0.15, 0.2) is 27.7 Å². The maximum atomic E-state index is 4.68. The highest BCUT2D eigenvalue weighted by atomic mass is 79.9. The molecular formula is C13H16BrN5. The van der Waals surface area contributed by atoms with Crippen LogP contribution in [-0.2, 0) is 0 Å². The summed E-state index contributed by atoms with van der Waals surface area (Å²) in [5.41, 5.74) is 2.09. The number of para-hydroxylation sites is 1. The molecule has 6 heteroatoms. The normalized spacial score (nSPS) is 14.8. The third-order valence-corrected chi connectivity index (χ3v) is 3.73. The van der Waals surface area contributed by atoms with Gasteiger partial charge in [0.15, 0.2) is 5.96 Å². The molecule has 19 heavy (non-hydrogen) atoms. The molecule has 0 saturated carbocycles. The van der Waals surface area contributed by atoms with Crippen LogP contribution in [0.25, 0.3) is 11.0 Å². The fourth-order valence-corrected chi connectivity index (χ4v) is 2.73. The number of rotatable bonds is 2. The smallest absolute Gasteiger partial charge is 0.211 e. The van der Waals surface area contributed by atoms with E-state index in [0.717, 1.165) is 40.5 Å². The van der Waals surface area contributed by atoms with Crippen molar-refractivity contribution in [3.8, 4) is 0 Å². The zero-order valence-electron chi connectivity index (χ0n) is 10.9. The maximum Gasteiger partial charge on any atom is 0.211 e. The molecule has 2 aromatic rings. The molecule has 0 spiro atoms. The van der Waals surface area contributed by atoms with Crippen LogP contribution in [0.1, 0.15) is 19.9 Å². The first-order valence-corrected chi connectivity index (χ1v) is 7.18. The summed E-state index contributed by atoms with van der Waals surface area (Å²) in [6, 6.07) is 6.45. The molecule has 2 heterocycles. The average molecular weight is 322 g/mol. The van der Waals surface area contributed by atoms with Crippen molar-refractivity contribution in [1.82, 2.24) is 14.9 Å². The van der Waals surface area contributed by atoms with Gasteiger partial charge in [-0.05, 0) is 41.9 Å². The SMILES string of the molecule is CC(C)n1c(NC2=NCCN2)nc2c(Br)cccc21. The molecule has 1 aliphatic heterocycles. The Kier molecular flexibility index (Phi) is 3.18. The molecule has 3 rings (SSSR count). The lowest BCUT2D eigenvalue weighted by Gasteiger charge is -2.14. The number of hydrogen-bond donors (Lipinski definition) is 2. The first-order chi connectivity index (χ1) is 9.16. The number of hydrogen-bond acceptors (Lipinski definition) is 4.